The lowest BCUT2D eigenvalue weighted by Gasteiger charge is -2.38. The van der Waals surface area contributed by atoms with Gasteiger partial charge < -0.3 is 14.8 Å². The van der Waals surface area contributed by atoms with Gasteiger partial charge in [0.15, 0.2) is 11.5 Å². The molecule has 0 spiro atoms. The number of methoxy groups -OCH3 is 2. The van der Waals surface area contributed by atoms with E-state index in [0.717, 1.165) is 24.5 Å². The molecule has 2 heterocycles. The normalized spacial score (nSPS) is 20.8. The van der Waals surface area contributed by atoms with Gasteiger partial charge in [0.25, 0.3) is 0 Å². The summed E-state index contributed by atoms with van der Waals surface area (Å²) in [7, 11) is 3.44. The standard InChI is InChI=1S/C20H25NO2S.ClH/c1-4-5-13-9-15-19(24-13)11-21-16-7-6-12-8-17(22-2)18(23-3)10-14(12)20(15)16;/h8-10,16,20-21H,4-7,11H2,1-3H3;1H/t16-,20+;/m1./s1. The van der Waals surface area contributed by atoms with E-state index in [4.69, 9.17) is 9.47 Å². The van der Waals surface area contributed by atoms with E-state index in [1.54, 1.807) is 19.8 Å². The Balaban J connectivity index is 0.00000182. The first-order valence-corrected chi connectivity index (χ1v) is 9.66. The molecule has 0 amide bonds. The molecular weight excluding hydrogens is 354 g/mol. The Labute approximate surface area is 160 Å². The van der Waals surface area contributed by atoms with Crippen molar-refractivity contribution in [3.63, 3.8) is 0 Å². The molecule has 0 unspecified atom stereocenters. The van der Waals surface area contributed by atoms with Crippen molar-refractivity contribution in [1.82, 2.24) is 5.32 Å². The number of halogens is 1. The molecule has 5 heteroatoms. The van der Waals surface area contributed by atoms with Gasteiger partial charge in [0, 0.05) is 28.3 Å². The van der Waals surface area contributed by atoms with Gasteiger partial charge in [0.2, 0.25) is 0 Å². The average Bonchev–Trinajstić information content (AvgIpc) is 3.03. The Kier molecular flexibility index (Phi) is 5.62. The molecule has 1 aliphatic carbocycles. The molecule has 3 nitrogen and oxygen atoms in total. The van der Waals surface area contributed by atoms with Crippen molar-refractivity contribution in [3.8, 4) is 11.5 Å². The van der Waals surface area contributed by atoms with Crippen molar-refractivity contribution in [2.24, 2.45) is 0 Å². The highest BCUT2D eigenvalue weighted by atomic mass is 35.5. The van der Waals surface area contributed by atoms with E-state index in [1.807, 2.05) is 11.3 Å². The molecule has 1 aromatic carbocycles. The van der Waals surface area contributed by atoms with Crippen LogP contribution in [-0.2, 0) is 19.4 Å². The molecule has 136 valence electrons. The first-order chi connectivity index (χ1) is 11.7. The third-order valence-electron chi connectivity index (χ3n) is 5.36. The molecule has 1 aliphatic heterocycles. The van der Waals surface area contributed by atoms with Crippen LogP contribution in [0.1, 0.15) is 52.1 Å². The summed E-state index contributed by atoms with van der Waals surface area (Å²) in [4.78, 5) is 3.04. The fourth-order valence-corrected chi connectivity index (χ4v) is 5.50. The second kappa shape index (κ2) is 7.56. The van der Waals surface area contributed by atoms with Crippen molar-refractivity contribution < 1.29 is 9.47 Å². The quantitative estimate of drug-likeness (QED) is 0.835. The summed E-state index contributed by atoms with van der Waals surface area (Å²) in [6.45, 7) is 3.28. The van der Waals surface area contributed by atoms with Crippen molar-refractivity contribution in [2.45, 2.75) is 51.1 Å². The molecule has 25 heavy (non-hydrogen) atoms. The minimum Gasteiger partial charge on any atom is -0.493 e. The van der Waals surface area contributed by atoms with E-state index in [9.17, 15) is 0 Å². The molecule has 1 aromatic heterocycles. The lowest BCUT2D eigenvalue weighted by molar-refractivity contribution is 0.349. The lowest BCUT2D eigenvalue weighted by Crippen LogP contribution is -2.42. The summed E-state index contributed by atoms with van der Waals surface area (Å²) in [6.07, 6.45) is 4.69. The summed E-state index contributed by atoms with van der Waals surface area (Å²) in [5.41, 5.74) is 4.37. The summed E-state index contributed by atoms with van der Waals surface area (Å²) >= 11 is 1.99. The molecule has 4 rings (SSSR count). The third-order valence-corrected chi connectivity index (χ3v) is 6.57. The van der Waals surface area contributed by atoms with Crippen molar-refractivity contribution in [3.05, 3.63) is 44.6 Å². The van der Waals surface area contributed by atoms with Gasteiger partial charge in [0.1, 0.15) is 0 Å². The van der Waals surface area contributed by atoms with Crippen LogP contribution in [0.15, 0.2) is 18.2 Å². The molecular formula is C20H26ClNO2S. The van der Waals surface area contributed by atoms with Gasteiger partial charge in [-0.15, -0.1) is 23.7 Å². The summed E-state index contributed by atoms with van der Waals surface area (Å²) in [5, 5.41) is 3.78. The van der Waals surface area contributed by atoms with Gasteiger partial charge in [-0.25, -0.2) is 0 Å². The summed E-state index contributed by atoms with van der Waals surface area (Å²) in [5.74, 6) is 2.13. The Morgan fingerprint density at radius 3 is 2.60 bits per heavy atom. The molecule has 2 aliphatic rings. The van der Waals surface area contributed by atoms with Gasteiger partial charge in [-0.3, -0.25) is 0 Å². The van der Waals surface area contributed by atoms with Crippen LogP contribution in [-0.4, -0.2) is 20.3 Å². The number of hydrogen-bond donors (Lipinski definition) is 1. The van der Waals surface area contributed by atoms with Crippen LogP contribution in [0.2, 0.25) is 0 Å². The zero-order chi connectivity index (χ0) is 16.7. The zero-order valence-corrected chi connectivity index (χ0v) is 16.7. The highest BCUT2D eigenvalue weighted by molar-refractivity contribution is 7.12. The number of aryl methyl sites for hydroxylation is 2. The van der Waals surface area contributed by atoms with Crippen LogP contribution in [0.4, 0.5) is 0 Å². The van der Waals surface area contributed by atoms with E-state index < -0.39 is 0 Å². The Bertz CT molecular complexity index is 758. The maximum atomic E-state index is 5.57. The second-order valence-electron chi connectivity index (χ2n) is 6.75. The highest BCUT2D eigenvalue weighted by Gasteiger charge is 2.36. The third kappa shape index (κ3) is 3.16. The molecule has 1 N–H and O–H groups in total. The van der Waals surface area contributed by atoms with Crippen LogP contribution < -0.4 is 14.8 Å². The Morgan fingerprint density at radius 2 is 1.88 bits per heavy atom. The topological polar surface area (TPSA) is 30.5 Å². The van der Waals surface area contributed by atoms with Crippen LogP contribution in [0.3, 0.4) is 0 Å². The number of benzene rings is 1. The fourth-order valence-electron chi connectivity index (χ4n) is 4.24. The minimum atomic E-state index is 0. The van der Waals surface area contributed by atoms with E-state index >= 15 is 0 Å². The predicted molar refractivity (Wildman–Crippen MR) is 106 cm³/mol. The monoisotopic (exact) mass is 379 g/mol. The number of nitrogens with one attached hydrogen (secondary N) is 1. The van der Waals surface area contributed by atoms with Crippen molar-refractivity contribution in [2.75, 3.05) is 14.2 Å². The van der Waals surface area contributed by atoms with E-state index in [2.05, 4.69) is 30.4 Å². The van der Waals surface area contributed by atoms with Crippen LogP contribution >= 0.6 is 23.7 Å². The highest BCUT2D eigenvalue weighted by Crippen LogP contribution is 2.46. The van der Waals surface area contributed by atoms with E-state index in [0.29, 0.717) is 12.0 Å². The molecule has 0 radical (unpaired) electrons. The molecule has 0 saturated carbocycles. The van der Waals surface area contributed by atoms with Crippen molar-refractivity contribution >= 4 is 23.7 Å². The smallest absolute Gasteiger partial charge is 0.161 e. The van der Waals surface area contributed by atoms with Gasteiger partial charge in [0.05, 0.1) is 14.2 Å². The Hall–Kier alpha value is -1.23. The Morgan fingerprint density at radius 1 is 1.12 bits per heavy atom. The average molecular weight is 380 g/mol. The SMILES string of the molecule is CCCc1cc2c(s1)CN[C@@H]1CCc3cc(OC)c(OC)cc3[C@@H]21.Cl. The molecule has 2 atom stereocenters. The van der Waals surface area contributed by atoms with Gasteiger partial charge in [-0.2, -0.15) is 0 Å². The second-order valence-corrected chi connectivity index (χ2v) is 7.97. The largest absolute Gasteiger partial charge is 0.493 e. The number of ether oxygens (including phenoxy) is 2. The van der Waals surface area contributed by atoms with Crippen LogP contribution in [0.5, 0.6) is 11.5 Å². The molecule has 0 fully saturated rings. The number of rotatable bonds is 4. The molecule has 0 bridgehead atoms. The summed E-state index contributed by atoms with van der Waals surface area (Å²) < 4.78 is 11.1. The van der Waals surface area contributed by atoms with Gasteiger partial charge >= 0.3 is 0 Å². The maximum Gasteiger partial charge on any atom is 0.161 e. The first-order valence-electron chi connectivity index (χ1n) is 8.84. The number of fused-ring (bicyclic) bond motifs is 5. The van der Waals surface area contributed by atoms with E-state index in [1.165, 1.54) is 40.1 Å². The zero-order valence-electron chi connectivity index (χ0n) is 15.1. The minimum absolute atomic E-state index is 0. The van der Waals surface area contributed by atoms with E-state index in [-0.39, 0.29) is 12.4 Å². The first kappa shape index (κ1) is 18.6. The molecule has 2 aromatic rings. The maximum absolute atomic E-state index is 5.57. The number of hydrogen-bond acceptors (Lipinski definition) is 4. The lowest BCUT2D eigenvalue weighted by atomic mass is 9.74. The van der Waals surface area contributed by atoms with Crippen LogP contribution in [0.25, 0.3) is 0 Å². The predicted octanol–water partition coefficient (Wildman–Crippen LogP) is 4.69. The van der Waals surface area contributed by atoms with Crippen LogP contribution in [0, 0.1) is 0 Å². The van der Waals surface area contributed by atoms with Gasteiger partial charge in [-0.05, 0) is 54.2 Å². The van der Waals surface area contributed by atoms with Crippen molar-refractivity contribution in [1.29, 1.82) is 0 Å². The van der Waals surface area contributed by atoms with Gasteiger partial charge in [-0.1, -0.05) is 13.3 Å². The fraction of sp³-hybridized carbons (Fsp3) is 0.500. The summed E-state index contributed by atoms with van der Waals surface area (Å²) in [6, 6.07) is 7.39. The number of thiophene rings is 1. The molecule has 0 saturated heterocycles.